The monoisotopic (exact) mass is 242 g/mol. The summed E-state index contributed by atoms with van der Waals surface area (Å²) < 4.78 is 0.821. The molecule has 82 valence electrons. The molecule has 0 amide bonds. The molecular formula is C12H15ClOS. The van der Waals surface area contributed by atoms with Gasteiger partial charge in [0.2, 0.25) is 0 Å². The highest BCUT2D eigenvalue weighted by Gasteiger charge is 2.26. The third-order valence-corrected chi connectivity index (χ3v) is 4.36. The zero-order valence-electron chi connectivity index (χ0n) is 8.83. The van der Waals surface area contributed by atoms with Gasteiger partial charge in [0.25, 0.3) is 0 Å². The Morgan fingerprint density at radius 1 is 1.53 bits per heavy atom. The molecular weight excluding hydrogens is 228 g/mol. The van der Waals surface area contributed by atoms with Crippen LogP contribution in [0.25, 0.3) is 0 Å². The highest BCUT2D eigenvalue weighted by atomic mass is 35.5. The minimum Gasteiger partial charge on any atom is -0.299 e. The second-order valence-electron chi connectivity index (χ2n) is 4.45. The molecule has 15 heavy (non-hydrogen) atoms. The van der Waals surface area contributed by atoms with Crippen molar-refractivity contribution in [1.29, 1.82) is 0 Å². The van der Waals surface area contributed by atoms with Gasteiger partial charge in [-0.2, -0.15) is 0 Å². The molecule has 0 radical (unpaired) electrons. The highest BCUT2D eigenvalue weighted by molar-refractivity contribution is 7.16. The molecule has 1 saturated carbocycles. The van der Waals surface area contributed by atoms with E-state index in [1.54, 1.807) is 11.3 Å². The standard InChI is InChI=1S/C12H15ClOS/c1-8-2-4-11(14)9(6-8)7-10-3-5-12(13)15-10/h3,5,8-9H,2,4,6-7H2,1H3. The molecule has 1 aliphatic rings. The normalized spacial score (nSPS) is 26.9. The van der Waals surface area contributed by atoms with E-state index >= 15 is 0 Å². The van der Waals surface area contributed by atoms with Crippen molar-refractivity contribution in [3.63, 3.8) is 0 Å². The summed E-state index contributed by atoms with van der Waals surface area (Å²) in [5.41, 5.74) is 0. The molecule has 0 saturated heterocycles. The molecule has 1 fully saturated rings. The van der Waals surface area contributed by atoms with Crippen molar-refractivity contribution >= 4 is 28.7 Å². The van der Waals surface area contributed by atoms with Crippen molar-refractivity contribution < 1.29 is 4.79 Å². The molecule has 1 aromatic rings. The van der Waals surface area contributed by atoms with Crippen molar-refractivity contribution in [3.8, 4) is 0 Å². The molecule has 0 N–H and O–H groups in total. The summed E-state index contributed by atoms with van der Waals surface area (Å²) in [7, 11) is 0. The van der Waals surface area contributed by atoms with Gasteiger partial charge < -0.3 is 0 Å². The maximum absolute atomic E-state index is 11.7. The predicted octanol–water partition coefficient (Wildman–Crippen LogP) is 3.95. The van der Waals surface area contributed by atoms with Gasteiger partial charge in [0.15, 0.2) is 0 Å². The summed E-state index contributed by atoms with van der Waals surface area (Å²) in [5.74, 6) is 1.38. The van der Waals surface area contributed by atoms with E-state index in [1.807, 2.05) is 12.1 Å². The van der Waals surface area contributed by atoms with E-state index in [9.17, 15) is 4.79 Å². The number of hydrogen-bond donors (Lipinski definition) is 0. The molecule has 2 rings (SSSR count). The Balaban J connectivity index is 2.01. The van der Waals surface area contributed by atoms with E-state index in [1.165, 1.54) is 4.88 Å². The first kappa shape index (κ1) is 11.2. The maximum Gasteiger partial charge on any atom is 0.136 e. The number of rotatable bonds is 2. The van der Waals surface area contributed by atoms with E-state index in [2.05, 4.69) is 6.92 Å². The van der Waals surface area contributed by atoms with Gasteiger partial charge in [-0.15, -0.1) is 11.3 Å². The van der Waals surface area contributed by atoms with Crippen LogP contribution in [0.15, 0.2) is 12.1 Å². The number of Topliss-reactive ketones (excluding diaryl/α,β-unsaturated/α-hetero) is 1. The topological polar surface area (TPSA) is 17.1 Å². The Hall–Kier alpha value is -0.340. The average molecular weight is 243 g/mol. The second kappa shape index (κ2) is 4.67. The van der Waals surface area contributed by atoms with E-state index in [4.69, 9.17) is 11.6 Å². The fourth-order valence-electron chi connectivity index (χ4n) is 2.23. The summed E-state index contributed by atoms with van der Waals surface area (Å²) in [4.78, 5) is 13.0. The summed E-state index contributed by atoms with van der Waals surface area (Å²) in [6, 6.07) is 3.96. The molecule has 2 atom stereocenters. The van der Waals surface area contributed by atoms with Crippen LogP contribution < -0.4 is 0 Å². The number of carbonyl (C=O) groups is 1. The van der Waals surface area contributed by atoms with Gasteiger partial charge in [-0.25, -0.2) is 0 Å². The molecule has 0 spiro atoms. The second-order valence-corrected chi connectivity index (χ2v) is 6.25. The molecule has 2 unspecified atom stereocenters. The first-order valence-electron chi connectivity index (χ1n) is 5.42. The average Bonchev–Trinajstić information content (AvgIpc) is 2.58. The summed E-state index contributed by atoms with van der Waals surface area (Å²) in [5, 5.41) is 0. The summed E-state index contributed by atoms with van der Waals surface area (Å²) in [6.07, 6.45) is 3.78. The largest absolute Gasteiger partial charge is 0.299 e. The van der Waals surface area contributed by atoms with Crippen molar-refractivity contribution in [3.05, 3.63) is 21.3 Å². The van der Waals surface area contributed by atoms with Crippen LogP contribution in [0.1, 0.15) is 31.1 Å². The molecule has 1 aliphatic carbocycles. The minimum atomic E-state index is 0.239. The lowest BCUT2D eigenvalue weighted by Gasteiger charge is -2.25. The van der Waals surface area contributed by atoms with Crippen molar-refractivity contribution in [2.24, 2.45) is 11.8 Å². The Kier molecular flexibility index (Phi) is 3.47. The lowest BCUT2D eigenvalue weighted by Crippen LogP contribution is -2.25. The first-order valence-corrected chi connectivity index (χ1v) is 6.61. The van der Waals surface area contributed by atoms with Crippen molar-refractivity contribution in [2.75, 3.05) is 0 Å². The summed E-state index contributed by atoms with van der Waals surface area (Å²) >= 11 is 7.47. The SMILES string of the molecule is CC1CCC(=O)C(Cc2ccc(Cl)s2)C1. The third-order valence-electron chi connectivity index (χ3n) is 3.10. The first-order chi connectivity index (χ1) is 7.15. The van der Waals surface area contributed by atoms with Crippen LogP contribution in [-0.2, 0) is 11.2 Å². The molecule has 3 heteroatoms. The molecule has 1 aromatic heterocycles. The lowest BCUT2D eigenvalue weighted by molar-refractivity contribution is -0.125. The Bertz CT molecular complexity index is 358. The Morgan fingerprint density at radius 2 is 2.33 bits per heavy atom. The smallest absolute Gasteiger partial charge is 0.136 e. The molecule has 0 bridgehead atoms. The zero-order valence-corrected chi connectivity index (χ0v) is 10.4. The van der Waals surface area contributed by atoms with Gasteiger partial charge in [-0.1, -0.05) is 18.5 Å². The van der Waals surface area contributed by atoms with Crippen LogP contribution in [-0.4, -0.2) is 5.78 Å². The highest BCUT2D eigenvalue weighted by Crippen LogP contribution is 2.31. The number of ketones is 1. The minimum absolute atomic E-state index is 0.239. The third kappa shape index (κ3) is 2.82. The van der Waals surface area contributed by atoms with Crippen LogP contribution in [0.5, 0.6) is 0 Å². The van der Waals surface area contributed by atoms with Gasteiger partial charge >= 0.3 is 0 Å². The van der Waals surface area contributed by atoms with Gasteiger partial charge in [-0.3, -0.25) is 4.79 Å². The Morgan fingerprint density at radius 3 is 3.00 bits per heavy atom. The lowest BCUT2D eigenvalue weighted by atomic mass is 9.79. The van der Waals surface area contributed by atoms with Gasteiger partial charge in [0, 0.05) is 17.2 Å². The van der Waals surface area contributed by atoms with Crippen LogP contribution in [0.4, 0.5) is 0 Å². The van der Waals surface area contributed by atoms with Crippen LogP contribution >= 0.6 is 22.9 Å². The molecule has 0 aromatic carbocycles. The van der Waals surface area contributed by atoms with E-state index in [-0.39, 0.29) is 5.92 Å². The van der Waals surface area contributed by atoms with Crippen molar-refractivity contribution in [1.82, 2.24) is 0 Å². The maximum atomic E-state index is 11.7. The van der Waals surface area contributed by atoms with E-state index in [0.717, 1.165) is 30.0 Å². The van der Waals surface area contributed by atoms with E-state index < -0.39 is 0 Å². The molecule has 1 nitrogen and oxygen atoms in total. The quantitative estimate of drug-likeness (QED) is 0.768. The fourth-order valence-corrected chi connectivity index (χ4v) is 3.40. The molecule has 0 aliphatic heterocycles. The predicted molar refractivity (Wildman–Crippen MR) is 64.5 cm³/mol. The molecule has 1 heterocycles. The van der Waals surface area contributed by atoms with Crippen LogP contribution in [0, 0.1) is 11.8 Å². The summed E-state index contributed by atoms with van der Waals surface area (Å²) in [6.45, 7) is 2.24. The van der Waals surface area contributed by atoms with Gasteiger partial charge in [-0.05, 0) is 37.3 Å². The number of halogens is 1. The van der Waals surface area contributed by atoms with Crippen LogP contribution in [0.2, 0.25) is 4.34 Å². The van der Waals surface area contributed by atoms with Gasteiger partial charge in [0.1, 0.15) is 5.78 Å². The number of thiophene rings is 1. The number of carbonyl (C=O) groups excluding carboxylic acids is 1. The number of hydrogen-bond acceptors (Lipinski definition) is 2. The van der Waals surface area contributed by atoms with Crippen LogP contribution in [0.3, 0.4) is 0 Å². The zero-order chi connectivity index (χ0) is 10.8. The van der Waals surface area contributed by atoms with E-state index in [0.29, 0.717) is 11.7 Å². The Labute approximate surface area is 99.5 Å². The van der Waals surface area contributed by atoms with Crippen molar-refractivity contribution in [2.45, 2.75) is 32.6 Å². The van der Waals surface area contributed by atoms with Gasteiger partial charge in [0.05, 0.1) is 4.34 Å². The fraction of sp³-hybridized carbons (Fsp3) is 0.583.